The van der Waals surface area contributed by atoms with Crippen LogP contribution in [0.4, 0.5) is 0 Å². The van der Waals surface area contributed by atoms with E-state index in [1.165, 1.54) is 0 Å². The van der Waals surface area contributed by atoms with Gasteiger partial charge >= 0.3 is 0 Å². The van der Waals surface area contributed by atoms with Crippen molar-refractivity contribution in [2.75, 3.05) is 33.3 Å². The molecule has 1 saturated heterocycles. The monoisotopic (exact) mass is 357 g/mol. The lowest BCUT2D eigenvalue weighted by Gasteiger charge is -2.22. The Bertz CT molecular complexity index is 786. The van der Waals surface area contributed by atoms with Gasteiger partial charge in [-0.1, -0.05) is 0 Å². The van der Waals surface area contributed by atoms with Gasteiger partial charge in [0.05, 0.1) is 24.6 Å². The maximum absolute atomic E-state index is 12.6. The van der Waals surface area contributed by atoms with Crippen molar-refractivity contribution in [2.45, 2.75) is 26.8 Å². The molecule has 1 aliphatic heterocycles. The fourth-order valence-electron chi connectivity index (χ4n) is 3.49. The first kappa shape index (κ1) is 18.4. The quantitative estimate of drug-likeness (QED) is 0.835. The molecule has 0 spiro atoms. The number of aryl methyl sites for hydroxylation is 2. The molecule has 0 aromatic carbocycles. The highest BCUT2D eigenvalue weighted by molar-refractivity contribution is 5.93. The Morgan fingerprint density at radius 2 is 2.00 bits per heavy atom. The summed E-state index contributed by atoms with van der Waals surface area (Å²) in [6.45, 7) is 8.12. The van der Waals surface area contributed by atoms with Crippen LogP contribution in [-0.2, 0) is 13.6 Å². The average Bonchev–Trinajstić information content (AvgIpc) is 2.92. The van der Waals surface area contributed by atoms with Gasteiger partial charge < -0.3 is 9.64 Å². The minimum Gasteiger partial charge on any atom is -0.496 e. The summed E-state index contributed by atoms with van der Waals surface area (Å²) in [5, 5.41) is 4.10. The van der Waals surface area contributed by atoms with Gasteiger partial charge in [-0.3, -0.25) is 19.4 Å². The molecule has 2 aromatic heterocycles. The van der Waals surface area contributed by atoms with Gasteiger partial charge in [0.25, 0.3) is 5.91 Å². The minimum atomic E-state index is 0.0614. The third kappa shape index (κ3) is 3.88. The highest BCUT2D eigenvalue weighted by Crippen LogP contribution is 2.25. The molecule has 1 fully saturated rings. The molecular weight excluding hydrogens is 330 g/mol. The Kier molecular flexibility index (Phi) is 5.56. The summed E-state index contributed by atoms with van der Waals surface area (Å²) >= 11 is 0. The second kappa shape index (κ2) is 7.86. The Labute approximate surface area is 154 Å². The summed E-state index contributed by atoms with van der Waals surface area (Å²) in [6.07, 6.45) is 6.24. The lowest BCUT2D eigenvalue weighted by molar-refractivity contribution is 0.0761. The summed E-state index contributed by atoms with van der Waals surface area (Å²) in [7, 11) is 3.53. The van der Waals surface area contributed by atoms with Crippen LogP contribution in [-0.4, -0.2) is 63.8 Å². The smallest absolute Gasteiger partial charge is 0.257 e. The number of carbonyl (C=O) groups excluding carboxylic acids is 1. The van der Waals surface area contributed by atoms with E-state index in [4.69, 9.17) is 4.74 Å². The largest absolute Gasteiger partial charge is 0.496 e. The van der Waals surface area contributed by atoms with E-state index in [9.17, 15) is 4.79 Å². The summed E-state index contributed by atoms with van der Waals surface area (Å²) in [4.78, 5) is 21.5. The van der Waals surface area contributed by atoms with Crippen LogP contribution in [0.1, 0.15) is 33.6 Å². The molecule has 0 aliphatic carbocycles. The molecule has 2 aromatic rings. The van der Waals surface area contributed by atoms with Crippen LogP contribution in [0.3, 0.4) is 0 Å². The van der Waals surface area contributed by atoms with Crippen molar-refractivity contribution in [3.8, 4) is 5.75 Å². The van der Waals surface area contributed by atoms with Crippen LogP contribution >= 0.6 is 0 Å². The van der Waals surface area contributed by atoms with E-state index in [0.717, 1.165) is 61.7 Å². The van der Waals surface area contributed by atoms with Gasteiger partial charge in [-0.15, -0.1) is 0 Å². The summed E-state index contributed by atoms with van der Waals surface area (Å²) in [5.41, 5.74) is 3.85. The first-order valence-corrected chi connectivity index (χ1v) is 8.99. The number of carbonyl (C=O) groups is 1. The van der Waals surface area contributed by atoms with Crippen molar-refractivity contribution in [1.82, 2.24) is 24.6 Å². The molecule has 0 bridgehead atoms. The van der Waals surface area contributed by atoms with Gasteiger partial charge in [-0.25, -0.2) is 0 Å². The number of hydrogen-bond donors (Lipinski definition) is 0. The van der Waals surface area contributed by atoms with E-state index in [1.807, 2.05) is 25.1 Å². The van der Waals surface area contributed by atoms with E-state index < -0.39 is 0 Å². The molecule has 140 valence electrons. The maximum atomic E-state index is 12.6. The molecule has 1 amide bonds. The highest BCUT2D eigenvalue weighted by Gasteiger charge is 2.22. The highest BCUT2D eigenvalue weighted by atomic mass is 16.5. The normalized spacial score (nSPS) is 15.8. The number of ether oxygens (including phenoxy) is 1. The number of aromatic nitrogens is 3. The summed E-state index contributed by atoms with van der Waals surface area (Å²) < 4.78 is 7.17. The second-order valence-corrected chi connectivity index (χ2v) is 6.87. The number of amides is 1. The molecule has 0 unspecified atom stereocenters. The van der Waals surface area contributed by atoms with E-state index in [1.54, 1.807) is 24.2 Å². The third-order valence-electron chi connectivity index (χ3n) is 4.95. The molecule has 7 heteroatoms. The number of hydrogen-bond acceptors (Lipinski definition) is 5. The lowest BCUT2D eigenvalue weighted by Crippen LogP contribution is -2.35. The predicted octanol–water partition coefficient (Wildman–Crippen LogP) is 1.79. The van der Waals surface area contributed by atoms with E-state index in [-0.39, 0.29) is 5.91 Å². The van der Waals surface area contributed by atoms with Gasteiger partial charge in [-0.2, -0.15) is 5.10 Å². The third-order valence-corrected chi connectivity index (χ3v) is 4.95. The van der Waals surface area contributed by atoms with Crippen LogP contribution < -0.4 is 4.74 Å². The first-order chi connectivity index (χ1) is 12.5. The van der Waals surface area contributed by atoms with Gasteiger partial charge in [-0.05, 0) is 20.3 Å². The number of rotatable bonds is 4. The topological polar surface area (TPSA) is 63.5 Å². The Hall–Kier alpha value is -2.41. The fourth-order valence-corrected chi connectivity index (χ4v) is 3.49. The molecule has 0 atom stereocenters. The van der Waals surface area contributed by atoms with E-state index in [0.29, 0.717) is 5.56 Å². The van der Waals surface area contributed by atoms with Gasteiger partial charge in [0.1, 0.15) is 5.75 Å². The molecular formula is C19H27N5O2. The van der Waals surface area contributed by atoms with Gasteiger partial charge in [0.15, 0.2) is 0 Å². The van der Waals surface area contributed by atoms with Crippen molar-refractivity contribution in [1.29, 1.82) is 0 Å². The van der Waals surface area contributed by atoms with Crippen LogP contribution in [0.25, 0.3) is 0 Å². The zero-order valence-corrected chi connectivity index (χ0v) is 16.0. The van der Waals surface area contributed by atoms with Gasteiger partial charge in [0.2, 0.25) is 0 Å². The van der Waals surface area contributed by atoms with Crippen LogP contribution in [0.2, 0.25) is 0 Å². The molecule has 0 radical (unpaired) electrons. The number of pyridine rings is 1. The standard InChI is InChI=1S/C19H27N5O2/c1-14-10-20-17(15(2)18(14)26-4)13-23-6-5-7-24(9-8-23)19(25)16-11-21-22(3)12-16/h10-12H,5-9,13H2,1-4H3. The molecule has 7 nitrogen and oxygen atoms in total. The van der Waals surface area contributed by atoms with Crippen LogP contribution in [0, 0.1) is 13.8 Å². The molecule has 0 N–H and O–H groups in total. The molecule has 3 rings (SSSR count). The molecule has 3 heterocycles. The molecule has 26 heavy (non-hydrogen) atoms. The minimum absolute atomic E-state index is 0.0614. The predicted molar refractivity (Wildman–Crippen MR) is 99.3 cm³/mol. The number of nitrogens with zero attached hydrogens (tertiary/aromatic N) is 5. The Morgan fingerprint density at radius 1 is 1.19 bits per heavy atom. The Balaban J connectivity index is 1.65. The average molecular weight is 357 g/mol. The first-order valence-electron chi connectivity index (χ1n) is 8.99. The van der Waals surface area contributed by atoms with Crippen molar-refractivity contribution < 1.29 is 9.53 Å². The van der Waals surface area contributed by atoms with E-state index in [2.05, 4.69) is 21.9 Å². The van der Waals surface area contributed by atoms with Crippen molar-refractivity contribution in [2.24, 2.45) is 7.05 Å². The molecule has 1 aliphatic rings. The summed E-state index contributed by atoms with van der Waals surface area (Å²) in [5.74, 6) is 0.976. The van der Waals surface area contributed by atoms with Crippen molar-refractivity contribution in [3.63, 3.8) is 0 Å². The second-order valence-electron chi connectivity index (χ2n) is 6.87. The van der Waals surface area contributed by atoms with Crippen LogP contribution in [0.15, 0.2) is 18.6 Å². The maximum Gasteiger partial charge on any atom is 0.257 e. The fraction of sp³-hybridized carbons (Fsp3) is 0.526. The van der Waals surface area contributed by atoms with Crippen molar-refractivity contribution >= 4 is 5.91 Å². The SMILES string of the molecule is COc1c(C)cnc(CN2CCCN(C(=O)c3cnn(C)c3)CC2)c1C. The zero-order valence-electron chi connectivity index (χ0n) is 16.0. The van der Waals surface area contributed by atoms with Crippen LogP contribution in [0.5, 0.6) is 5.75 Å². The lowest BCUT2D eigenvalue weighted by atomic mass is 10.1. The zero-order chi connectivity index (χ0) is 18.7. The van der Waals surface area contributed by atoms with Gasteiger partial charge in [0, 0.05) is 63.3 Å². The molecule has 0 saturated carbocycles. The summed E-state index contributed by atoms with van der Waals surface area (Å²) in [6, 6.07) is 0. The Morgan fingerprint density at radius 3 is 2.69 bits per heavy atom. The van der Waals surface area contributed by atoms with Crippen molar-refractivity contribution in [3.05, 3.63) is 41.0 Å². The number of methoxy groups -OCH3 is 1. The van der Waals surface area contributed by atoms with E-state index >= 15 is 0 Å².